The molecule has 2 heteroatoms. The van der Waals surface area contributed by atoms with E-state index in [9.17, 15) is 0 Å². The zero-order chi connectivity index (χ0) is 11.3. The summed E-state index contributed by atoms with van der Waals surface area (Å²) in [5.74, 6) is 0.587. The number of aliphatic hydroxyl groups excluding tert-OH is 1. The second kappa shape index (κ2) is 5.89. The Morgan fingerprint density at radius 2 is 1.73 bits per heavy atom. The van der Waals surface area contributed by atoms with Crippen molar-refractivity contribution < 1.29 is 5.11 Å². The van der Waals surface area contributed by atoms with Crippen LogP contribution in [0.3, 0.4) is 0 Å². The average molecular weight is 207 g/mol. The Bertz CT molecular complexity index is 277. The molecular weight excluding hydrogens is 186 g/mol. The number of hydrogen-bond donors (Lipinski definition) is 2. The van der Waals surface area contributed by atoms with Gasteiger partial charge in [0.05, 0.1) is 6.10 Å². The van der Waals surface area contributed by atoms with Gasteiger partial charge in [0.25, 0.3) is 0 Å². The van der Waals surface area contributed by atoms with Gasteiger partial charge in [-0.05, 0) is 24.0 Å². The molecule has 1 atom stereocenters. The summed E-state index contributed by atoms with van der Waals surface area (Å²) in [6.45, 7) is 7.64. The Hall–Kier alpha value is -0.860. The number of benzene rings is 1. The molecule has 0 aliphatic carbocycles. The third-order valence-electron chi connectivity index (χ3n) is 2.42. The van der Waals surface area contributed by atoms with Gasteiger partial charge in [-0.3, -0.25) is 0 Å². The fourth-order valence-electron chi connectivity index (χ4n) is 1.45. The van der Waals surface area contributed by atoms with Crippen molar-refractivity contribution >= 4 is 0 Å². The third-order valence-corrected chi connectivity index (χ3v) is 2.42. The smallest absolute Gasteiger partial charge is 0.0636 e. The molecule has 0 saturated carbocycles. The van der Waals surface area contributed by atoms with Gasteiger partial charge in [0.2, 0.25) is 0 Å². The molecule has 0 heterocycles. The summed E-state index contributed by atoms with van der Waals surface area (Å²) in [6, 6.07) is 8.63. The number of hydrogen-bond acceptors (Lipinski definition) is 2. The standard InChI is InChI=1S/C13H21NO/c1-10(2)13-6-4-12(5-7-13)9-14-8-11(3)15/h4-7,10-11,14-15H,8-9H2,1-3H3/t11-/m0/s1. The van der Waals surface area contributed by atoms with Gasteiger partial charge in [0, 0.05) is 13.1 Å². The molecule has 1 aromatic carbocycles. The zero-order valence-corrected chi connectivity index (χ0v) is 9.83. The van der Waals surface area contributed by atoms with Crippen LogP contribution in [0.25, 0.3) is 0 Å². The van der Waals surface area contributed by atoms with Crippen molar-refractivity contribution in [3.05, 3.63) is 35.4 Å². The summed E-state index contributed by atoms with van der Waals surface area (Å²) in [7, 11) is 0. The molecule has 0 unspecified atom stereocenters. The van der Waals surface area contributed by atoms with Crippen LogP contribution >= 0.6 is 0 Å². The lowest BCUT2D eigenvalue weighted by Gasteiger charge is -2.09. The maximum atomic E-state index is 9.08. The van der Waals surface area contributed by atoms with Crippen LogP contribution in [0, 0.1) is 0 Å². The van der Waals surface area contributed by atoms with Gasteiger partial charge in [0.15, 0.2) is 0 Å². The van der Waals surface area contributed by atoms with Crippen LogP contribution in [0.1, 0.15) is 37.8 Å². The summed E-state index contributed by atoms with van der Waals surface area (Å²) in [5, 5.41) is 12.3. The Kier molecular flexibility index (Phi) is 4.79. The SMILES string of the molecule is CC(C)c1ccc(CNC[C@H](C)O)cc1. The average Bonchev–Trinajstić information content (AvgIpc) is 2.18. The molecule has 1 rings (SSSR count). The van der Waals surface area contributed by atoms with E-state index >= 15 is 0 Å². The van der Waals surface area contributed by atoms with Crippen molar-refractivity contribution in [1.82, 2.24) is 5.32 Å². The highest BCUT2D eigenvalue weighted by Crippen LogP contribution is 2.14. The fourth-order valence-corrected chi connectivity index (χ4v) is 1.45. The van der Waals surface area contributed by atoms with Crippen molar-refractivity contribution in [3.63, 3.8) is 0 Å². The van der Waals surface area contributed by atoms with Crippen LogP contribution in [0.5, 0.6) is 0 Å². The Balaban J connectivity index is 2.43. The molecule has 0 radical (unpaired) electrons. The molecule has 0 aromatic heterocycles. The maximum Gasteiger partial charge on any atom is 0.0636 e. The molecule has 0 amide bonds. The summed E-state index contributed by atoms with van der Waals surface area (Å²) in [4.78, 5) is 0. The van der Waals surface area contributed by atoms with E-state index in [1.807, 2.05) is 0 Å². The highest BCUT2D eigenvalue weighted by molar-refractivity contribution is 5.24. The van der Waals surface area contributed by atoms with Gasteiger partial charge >= 0.3 is 0 Å². The first-order chi connectivity index (χ1) is 7.09. The molecule has 0 saturated heterocycles. The molecule has 0 aliphatic rings. The van der Waals surface area contributed by atoms with Gasteiger partial charge in [-0.2, -0.15) is 0 Å². The van der Waals surface area contributed by atoms with Crippen molar-refractivity contribution in [2.75, 3.05) is 6.54 Å². The number of nitrogens with one attached hydrogen (secondary N) is 1. The van der Waals surface area contributed by atoms with E-state index in [1.54, 1.807) is 6.92 Å². The van der Waals surface area contributed by atoms with Crippen LogP contribution < -0.4 is 5.32 Å². The number of rotatable bonds is 5. The molecule has 0 spiro atoms. The molecule has 15 heavy (non-hydrogen) atoms. The maximum absolute atomic E-state index is 9.08. The van der Waals surface area contributed by atoms with Crippen molar-refractivity contribution in [3.8, 4) is 0 Å². The lowest BCUT2D eigenvalue weighted by molar-refractivity contribution is 0.191. The largest absolute Gasteiger partial charge is 0.392 e. The first kappa shape index (κ1) is 12.2. The second-order valence-electron chi connectivity index (χ2n) is 4.38. The van der Waals surface area contributed by atoms with Gasteiger partial charge in [-0.1, -0.05) is 38.1 Å². The van der Waals surface area contributed by atoms with Crippen LogP contribution in [-0.4, -0.2) is 17.8 Å². The summed E-state index contributed by atoms with van der Waals surface area (Å²) in [5.41, 5.74) is 2.63. The predicted octanol–water partition coefficient (Wildman–Crippen LogP) is 2.28. The molecule has 2 N–H and O–H groups in total. The Labute approximate surface area is 92.3 Å². The van der Waals surface area contributed by atoms with Crippen LogP contribution in [0.4, 0.5) is 0 Å². The molecule has 0 aliphatic heterocycles. The summed E-state index contributed by atoms with van der Waals surface area (Å²) in [6.07, 6.45) is -0.278. The van der Waals surface area contributed by atoms with E-state index < -0.39 is 0 Å². The van der Waals surface area contributed by atoms with Gasteiger partial charge in [0.1, 0.15) is 0 Å². The lowest BCUT2D eigenvalue weighted by atomic mass is 10.0. The van der Waals surface area contributed by atoms with Crippen LogP contribution in [-0.2, 0) is 6.54 Å². The summed E-state index contributed by atoms with van der Waals surface area (Å²) >= 11 is 0. The Morgan fingerprint density at radius 3 is 2.20 bits per heavy atom. The minimum Gasteiger partial charge on any atom is -0.392 e. The number of aliphatic hydroxyl groups is 1. The first-order valence-electron chi connectivity index (χ1n) is 5.57. The molecule has 0 bridgehead atoms. The van der Waals surface area contributed by atoms with E-state index in [0.29, 0.717) is 12.5 Å². The predicted molar refractivity (Wildman–Crippen MR) is 63.9 cm³/mol. The zero-order valence-electron chi connectivity index (χ0n) is 9.83. The van der Waals surface area contributed by atoms with E-state index in [2.05, 4.69) is 43.4 Å². The molecule has 2 nitrogen and oxygen atoms in total. The van der Waals surface area contributed by atoms with Crippen molar-refractivity contribution in [2.24, 2.45) is 0 Å². The molecular formula is C13H21NO. The normalized spacial score (nSPS) is 13.1. The van der Waals surface area contributed by atoms with E-state index in [1.165, 1.54) is 11.1 Å². The minimum absolute atomic E-state index is 0.278. The topological polar surface area (TPSA) is 32.3 Å². The molecule has 84 valence electrons. The van der Waals surface area contributed by atoms with E-state index in [4.69, 9.17) is 5.11 Å². The van der Waals surface area contributed by atoms with Gasteiger partial charge in [-0.25, -0.2) is 0 Å². The summed E-state index contributed by atoms with van der Waals surface area (Å²) < 4.78 is 0. The first-order valence-corrected chi connectivity index (χ1v) is 5.57. The van der Waals surface area contributed by atoms with Crippen molar-refractivity contribution in [2.45, 2.75) is 39.3 Å². The second-order valence-corrected chi connectivity index (χ2v) is 4.38. The minimum atomic E-state index is -0.278. The highest BCUT2D eigenvalue weighted by Gasteiger charge is 1.99. The van der Waals surface area contributed by atoms with Gasteiger partial charge < -0.3 is 10.4 Å². The molecule has 0 fully saturated rings. The monoisotopic (exact) mass is 207 g/mol. The van der Waals surface area contributed by atoms with Gasteiger partial charge in [-0.15, -0.1) is 0 Å². The van der Waals surface area contributed by atoms with Crippen molar-refractivity contribution in [1.29, 1.82) is 0 Å². The van der Waals surface area contributed by atoms with Crippen LogP contribution in [0.2, 0.25) is 0 Å². The highest BCUT2D eigenvalue weighted by atomic mass is 16.3. The van der Waals surface area contributed by atoms with E-state index in [-0.39, 0.29) is 6.10 Å². The fraction of sp³-hybridized carbons (Fsp3) is 0.538. The quantitative estimate of drug-likeness (QED) is 0.776. The third kappa shape index (κ3) is 4.45. The van der Waals surface area contributed by atoms with E-state index in [0.717, 1.165) is 6.54 Å². The van der Waals surface area contributed by atoms with Crippen LogP contribution in [0.15, 0.2) is 24.3 Å². The lowest BCUT2D eigenvalue weighted by Crippen LogP contribution is -2.23. The Morgan fingerprint density at radius 1 is 1.13 bits per heavy atom. The molecule has 1 aromatic rings.